The number of nitrogens with one attached hydrogen (secondary N) is 1. The molecule has 0 aliphatic carbocycles. The summed E-state index contributed by atoms with van der Waals surface area (Å²) < 4.78 is 23.6. The van der Waals surface area contributed by atoms with Crippen LogP contribution in [-0.4, -0.2) is 56.8 Å². The highest BCUT2D eigenvalue weighted by molar-refractivity contribution is 5.85. The molecule has 0 aromatic heterocycles. The Balaban J connectivity index is 0.00000220. The summed E-state index contributed by atoms with van der Waals surface area (Å²) in [7, 11) is 1.72. The summed E-state index contributed by atoms with van der Waals surface area (Å²) in [5.41, 5.74) is 0. The molecule has 1 aromatic rings. The summed E-state index contributed by atoms with van der Waals surface area (Å²) in [4.78, 5) is 13.6. The van der Waals surface area contributed by atoms with Crippen molar-refractivity contribution >= 4 is 18.3 Å². The minimum absolute atomic E-state index is 0. The van der Waals surface area contributed by atoms with E-state index in [2.05, 4.69) is 5.32 Å². The minimum Gasteiger partial charge on any atom is -0.492 e. The van der Waals surface area contributed by atoms with Crippen LogP contribution in [0.2, 0.25) is 0 Å². The standard InChI is InChI=1S/C14H19FN2O3.ClH/c1-17(14(18)13-10-16-6-8-20-13)7-9-19-12-4-2-11(15)3-5-12;/h2-5,13,16H,6-10H2,1H3;1H. The quantitative estimate of drug-likeness (QED) is 0.882. The third-order valence-corrected chi connectivity index (χ3v) is 3.09. The van der Waals surface area contributed by atoms with Gasteiger partial charge in [-0.25, -0.2) is 4.39 Å². The first-order chi connectivity index (χ1) is 9.66. The zero-order chi connectivity index (χ0) is 14.4. The Kier molecular flexibility index (Phi) is 7.42. The number of hydrogen-bond acceptors (Lipinski definition) is 4. The van der Waals surface area contributed by atoms with E-state index in [4.69, 9.17) is 9.47 Å². The fraction of sp³-hybridized carbons (Fsp3) is 0.500. The van der Waals surface area contributed by atoms with E-state index in [9.17, 15) is 9.18 Å². The SMILES string of the molecule is CN(CCOc1ccc(F)cc1)C(=O)C1CNCCO1.Cl. The summed E-state index contributed by atoms with van der Waals surface area (Å²) >= 11 is 0. The zero-order valence-corrected chi connectivity index (χ0v) is 12.7. The van der Waals surface area contributed by atoms with Gasteiger partial charge in [-0.05, 0) is 24.3 Å². The number of carbonyl (C=O) groups is 1. The van der Waals surface area contributed by atoms with E-state index in [1.165, 1.54) is 12.1 Å². The van der Waals surface area contributed by atoms with E-state index >= 15 is 0 Å². The van der Waals surface area contributed by atoms with E-state index < -0.39 is 6.10 Å². The summed E-state index contributed by atoms with van der Waals surface area (Å²) in [5.74, 6) is 0.231. The Morgan fingerprint density at radius 3 is 2.81 bits per heavy atom. The van der Waals surface area contributed by atoms with E-state index in [1.54, 1.807) is 24.1 Å². The second-order valence-electron chi connectivity index (χ2n) is 4.63. The third-order valence-electron chi connectivity index (χ3n) is 3.09. The molecule has 0 bridgehead atoms. The van der Waals surface area contributed by atoms with Crippen molar-refractivity contribution < 1.29 is 18.7 Å². The molecule has 1 heterocycles. The van der Waals surface area contributed by atoms with Crippen LogP contribution in [0.4, 0.5) is 4.39 Å². The maximum atomic E-state index is 12.7. The van der Waals surface area contributed by atoms with Crippen LogP contribution in [0, 0.1) is 5.82 Å². The van der Waals surface area contributed by atoms with Crippen LogP contribution in [0.5, 0.6) is 5.75 Å². The average molecular weight is 319 g/mol. The van der Waals surface area contributed by atoms with Gasteiger partial charge in [-0.2, -0.15) is 0 Å². The second kappa shape index (κ2) is 8.81. The van der Waals surface area contributed by atoms with Gasteiger partial charge in [0.05, 0.1) is 13.2 Å². The molecule has 1 amide bonds. The Morgan fingerprint density at radius 2 is 2.19 bits per heavy atom. The number of likely N-dealkylation sites (N-methyl/N-ethyl adjacent to an activating group) is 1. The molecule has 7 heteroatoms. The lowest BCUT2D eigenvalue weighted by Crippen LogP contribution is -2.49. The number of morpholine rings is 1. The van der Waals surface area contributed by atoms with E-state index in [1.807, 2.05) is 0 Å². The van der Waals surface area contributed by atoms with E-state index in [-0.39, 0.29) is 24.1 Å². The molecule has 0 spiro atoms. The summed E-state index contributed by atoms with van der Waals surface area (Å²) in [6.45, 7) is 2.68. The van der Waals surface area contributed by atoms with Gasteiger partial charge >= 0.3 is 0 Å². The molecule has 21 heavy (non-hydrogen) atoms. The molecular weight excluding hydrogens is 299 g/mol. The van der Waals surface area contributed by atoms with Crippen molar-refractivity contribution in [3.8, 4) is 5.75 Å². The number of ether oxygens (including phenoxy) is 2. The number of benzene rings is 1. The van der Waals surface area contributed by atoms with Gasteiger partial charge in [0.2, 0.25) is 0 Å². The fourth-order valence-corrected chi connectivity index (χ4v) is 1.91. The van der Waals surface area contributed by atoms with Crippen LogP contribution in [0.3, 0.4) is 0 Å². The van der Waals surface area contributed by atoms with Gasteiger partial charge in [0, 0.05) is 20.1 Å². The molecule has 1 fully saturated rings. The van der Waals surface area contributed by atoms with Gasteiger partial charge in [-0.1, -0.05) is 0 Å². The Hall–Kier alpha value is -1.37. The highest BCUT2D eigenvalue weighted by atomic mass is 35.5. The van der Waals surface area contributed by atoms with Crippen molar-refractivity contribution in [3.63, 3.8) is 0 Å². The van der Waals surface area contributed by atoms with E-state index in [0.29, 0.717) is 32.1 Å². The largest absolute Gasteiger partial charge is 0.492 e. The highest BCUT2D eigenvalue weighted by Crippen LogP contribution is 2.11. The van der Waals surface area contributed by atoms with Gasteiger partial charge in [0.25, 0.3) is 5.91 Å². The monoisotopic (exact) mass is 318 g/mol. The van der Waals surface area contributed by atoms with Crippen LogP contribution < -0.4 is 10.1 Å². The minimum atomic E-state index is -0.417. The topological polar surface area (TPSA) is 50.8 Å². The fourth-order valence-electron chi connectivity index (χ4n) is 1.91. The van der Waals surface area contributed by atoms with Crippen molar-refractivity contribution in [3.05, 3.63) is 30.1 Å². The first-order valence-corrected chi connectivity index (χ1v) is 6.62. The lowest BCUT2D eigenvalue weighted by Gasteiger charge is -2.27. The Morgan fingerprint density at radius 1 is 1.48 bits per heavy atom. The zero-order valence-electron chi connectivity index (χ0n) is 11.9. The van der Waals surface area contributed by atoms with Crippen LogP contribution in [0.1, 0.15) is 0 Å². The first-order valence-electron chi connectivity index (χ1n) is 6.62. The van der Waals surface area contributed by atoms with Crippen LogP contribution in [0.25, 0.3) is 0 Å². The summed E-state index contributed by atoms with van der Waals surface area (Å²) in [6, 6.07) is 5.80. The van der Waals surface area contributed by atoms with Crippen molar-refractivity contribution in [1.82, 2.24) is 10.2 Å². The molecule has 1 saturated heterocycles. The smallest absolute Gasteiger partial charge is 0.252 e. The van der Waals surface area contributed by atoms with E-state index in [0.717, 1.165) is 6.54 Å². The molecule has 1 atom stereocenters. The van der Waals surface area contributed by atoms with Crippen LogP contribution in [0.15, 0.2) is 24.3 Å². The Labute approximate surface area is 129 Å². The molecule has 1 N–H and O–H groups in total. The lowest BCUT2D eigenvalue weighted by atomic mass is 10.2. The normalized spacial score (nSPS) is 17.7. The van der Waals surface area contributed by atoms with Crippen molar-refractivity contribution in [1.29, 1.82) is 0 Å². The molecule has 118 valence electrons. The van der Waals surface area contributed by atoms with Crippen LogP contribution in [-0.2, 0) is 9.53 Å². The summed E-state index contributed by atoms with van der Waals surface area (Å²) in [5, 5.41) is 3.12. The molecule has 0 saturated carbocycles. The predicted octanol–water partition coefficient (Wildman–Crippen LogP) is 1.07. The third kappa shape index (κ3) is 5.49. The molecule has 2 rings (SSSR count). The maximum absolute atomic E-state index is 12.7. The molecule has 5 nitrogen and oxygen atoms in total. The molecule has 1 aliphatic rings. The molecular formula is C14H20ClFN2O3. The number of carbonyl (C=O) groups excluding carboxylic acids is 1. The van der Waals surface area contributed by atoms with Gasteiger partial charge in [-0.3, -0.25) is 4.79 Å². The predicted molar refractivity (Wildman–Crippen MR) is 79.4 cm³/mol. The lowest BCUT2D eigenvalue weighted by molar-refractivity contribution is -0.144. The van der Waals surface area contributed by atoms with Gasteiger partial charge in [0.1, 0.15) is 24.3 Å². The maximum Gasteiger partial charge on any atom is 0.252 e. The number of nitrogens with zero attached hydrogens (tertiary/aromatic N) is 1. The molecule has 1 aliphatic heterocycles. The van der Waals surface area contributed by atoms with Crippen molar-refractivity contribution in [2.45, 2.75) is 6.10 Å². The number of hydrogen-bond donors (Lipinski definition) is 1. The van der Waals surface area contributed by atoms with Crippen molar-refractivity contribution in [2.24, 2.45) is 0 Å². The molecule has 0 radical (unpaired) electrons. The highest BCUT2D eigenvalue weighted by Gasteiger charge is 2.24. The van der Waals surface area contributed by atoms with Crippen LogP contribution >= 0.6 is 12.4 Å². The molecule has 1 aromatic carbocycles. The first kappa shape index (κ1) is 17.7. The Bertz CT molecular complexity index is 438. The number of rotatable bonds is 5. The summed E-state index contributed by atoms with van der Waals surface area (Å²) in [6.07, 6.45) is -0.417. The molecule has 1 unspecified atom stereocenters. The van der Waals surface area contributed by atoms with Gasteiger partial charge in [0.15, 0.2) is 0 Å². The second-order valence-corrected chi connectivity index (χ2v) is 4.63. The van der Waals surface area contributed by atoms with Gasteiger partial charge < -0.3 is 19.7 Å². The number of amides is 1. The van der Waals surface area contributed by atoms with Crippen molar-refractivity contribution in [2.75, 3.05) is 39.9 Å². The number of halogens is 2. The average Bonchev–Trinajstić information content (AvgIpc) is 2.49. The van der Waals surface area contributed by atoms with Gasteiger partial charge in [-0.15, -0.1) is 12.4 Å².